The highest BCUT2D eigenvalue weighted by molar-refractivity contribution is 6.01. The Hall–Kier alpha value is -3.48. The lowest BCUT2D eigenvalue weighted by Gasteiger charge is -2.01. The standard InChI is InChI=1S/C16H11N5O2/c17-16(23)20-19-13-10-6-2-4-8-12(10)21-14(13)18-11-7-3-1-5-9(11)15(21)22/h1-8,18H,(H2,17,23). The van der Waals surface area contributed by atoms with E-state index in [4.69, 9.17) is 5.73 Å². The van der Waals surface area contributed by atoms with Crippen LogP contribution in [-0.2, 0) is 0 Å². The van der Waals surface area contributed by atoms with Gasteiger partial charge in [-0.1, -0.05) is 35.4 Å². The number of carbonyl (C=O) groups excluding carboxylic acids is 1. The third-order valence-electron chi connectivity index (χ3n) is 3.71. The van der Waals surface area contributed by atoms with Gasteiger partial charge in [0, 0.05) is 5.39 Å². The first-order valence-electron chi connectivity index (χ1n) is 6.92. The van der Waals surface area contributed by atoms with Gasteiger partial charge in [0.1, 0.15) is 11.3 Å². The Morgan fingerprint density at radius 2 is 1.74 bits per heavy atom. The fourth-order valence-corrected chi connectivity index (χ4v) is 2.78. The first kappa shape index (κ1) is 13.2. The molecule has 0 aliphatic rings. The van der Waals surface area contributed by atoms with E-state index in [0.717, 1.165) is 0 Å². The van der Waals surface area contributed by atoms with Crippen LogP contribution >= 0.6 is 0 Å². The second kappa shape index (κ2) is 4.77. The molecule has 0 aliphatic heterocycles. The number of aromatic amines is 1. The second-order valence-corrected chi connectivity index (χ2v) is 5.06. The summed E-state index contributed by atoms with van der Waals surface area (Å²) >= 11 is 0. The highest BCUT2D eigenvalue weighted by Crippen LogP contribution is 2.32. The molecule has 0 aliphatic carbocycles. The minimum Gasteiger partial charge on any atom is -0.348 e. The van der Waals surface area contributed by atoms with Gasteiger partial charge in [-0.15, -0.1) is 5.11 Å². The van der Waals surface area contributed by atoms with Crippen LogP contribution < -0.4 is 11.3 Å². The van der Waals surface area contributed by atoms with E-state index < -0.39 is 6.03 Å². The zero-order chi connectivity index (χ0) is 16.0. The third kappa shape index (κ3) is 1.90. The molecule has 3 N–H and O–H groups in total. The molecule has 0 unspecified atom stereocenters. The number of nitrogens with one attached hydrogen (secondary N) is 1. The van der Waals surface area contributed by atoms with Gasteiger partial charge in [0.2, 0.25) is 0 Å². The number of fused-ring (bicyclic) bond motifs is 4. The summed E-state index contributed by atoms with van der Waals surface area (Å²) in [5, 5.41) is 8.61. The average Bonchev–Trinajstić information content (AvgIpc) is 2.87. The van der Waals surface area contributed by atoms with Crippen LogP contribution in [0.3, 0.4) is 0 Å². The van der Waals surface area contributed by atoms with Crippen molar-refractivity contribution in [3.63, 3.8) is 0 Å². The Balaban J connectivity index is 2.26. The Kier molecular flexibility index (Phi) is 2.74. The van der Waals surface area contributed by atoms with Gasteiger partial charge >= 0.3 is 6.03 Å². The molecule has 7 nitrogen and oxygen atoms in total. The number of urea groups is 1. The first-order valence-corrected chi connectivity index (χ1v) is 6.92. The van der Waals surface area contributed by atoms with Crippen LogP contribution in [0.15, 0.2) is 63.6 Å². The van der Waals surface area contributed by atoms with Crippen molar-refractivity contribution in [2.24, 2.45) is 16.0 Å². The van der Waals surface area contributed by atoms with E-state index in [1.807, 2.05) is 42.5 Å². The van der Waals surface area contributed by atoms with Crippen LogP contribution in [0.1, 0.15) is 0 Å². The normalized spacial score (nSPS) is 11.8. The number of H-pyrrole nitrogens is 1. The van der Waals surface area contributed by atoms with Crippen molar-refractivity contribution in [2.45, 2.75) is 0 Å². The molecule has 23 heavy (non-hydrogen) atoms. The number of hydrogen-bond acceptors (Lipinski definition) is 3. The summed E-state index contributed by atoms with van der Waals surface area (Å²) in [5.41, 5.74) is 7.13. The van der Waals surface area contributed by atoms with Gasteiger partial charge in [0.25, 0.3) is 5.56 Å². The quantitative estimate of drug-likeness (QED) is 0.527. The maximum Gasteiger partial charge on any atom is 0.356 e. The van der Waals surface area contributed by atoms with Gasteiger partial charge < -0.3 is 10.7 Å². The maximum absolute atomic E-state index is 12.8. The number of azo groups is 1. The topological polar surface area (TPSA) is 105 Å². The van der Waals surface area contributed by atoms with Crippen molar-refractivity contribution in [2.75, 3.05) is 0 Å². The number of primary amides is 1. The molecule has 0 fully saturated rings. The van der Waals surface area contributed by atoms with Crippen LogP contribution in [0.4, 0.5) is 10.5 Å². The molecule has 0 atom stereocenters. The Morgan fingerprint density at radius 1 is 1.04 bits per heavy atom. The molecule has 0 bridgehead atoms. The molecule has 2 aromatic heterocycles. The molecule has 2 amide bonds. The van der Waals surface area contributed by atoms with Crippen molar-refractivity contribution >= 4 is 39.2 Å². The summed E-state index contributed by atoms with van der Waals surface area (Å²) < 4.78 is 1.53. The van der Waals surface area contributed by atoms with Gasteiger partial charge in [-0.05, 0) is 18.2 Å². The monoisotopic (exact) mass is 305 g/mol. The van der Waals surface area contributed by atoms with E-state index in [1.54, 1.807) is 6.07 Å². The summed E-state index contributed by atoms with van der Waals surface area (Å²) in [6.45, 7) is 0. The largest absolute Gasteiger partial charge is 0.356 e. The lowest BCUT2D eigenvalue weighted by atomic mass is 10.2. The molecule has 4 rings (SSSR count). The zero-order valence-electron chi connectivity index (χ0n) is 11.9. The van der Waals surface area contributed by atoms with Crippen LogP contribution in [0, 0.1) is 0 Å². The van der Waals surface area contributed by atoms with Crippen LogP contribution in [0.5, 0.6) is 0 Å². The van der Waals surface area contributed by atoms with Crippen LogP contribution in [-0.4, -0.2) is 15.4 Å². The Morgan fingerprint density at radius 3 is 2.52 bits per heavy atom. The van der Waals surface area contributed by atoms with Gasteiger partial charge in [0.15, 0.2) is 0 Å². The van der Waals surface area contributed by atoms with E-state index in [1.165, 1.54) is 4.40 Å². The lowest BCUT2D eigenvalue weighted by molar-refractivity contribution is 0.255. The number of benzene rings is 2. The van der Waals surface area contributed by atoms with Gasteiger partial charge in [-0.3, -0.25) is 9.20 Å². The van der Waals surface area contributed by atoms with E-state index in [-0.39, 0.29) is 5.56 Å². The van der Waals surface area contributed by atoms with Crippen molar-refractivity contribution in [3.05, 3.63) is 58.9 Å². The fourth-order valence-electron chi connectivity index (χ4n) is 2.78. The number of carbonyl (C=O) groups is 1. The number of para-hydroxylation sites is 2. The van der Waals surface area contributed by atoms with Gasteiger partial charge in [0.05, 0.1) is 16.4 Å². The van der Waals surface area contributed by atoms with E-state index in [0.29, 0.717) is 33.1 Å². The highest BCUT2D eigenvalue weighted by Gasteiger charge is 2.15. The summed E-state index contributed by atoms with van der Waals surface area (Å²) in [6.07, 6.45) is 0. The fraction of sp³-hybridized carbons (Fsp3) is 0. The lowest BCUT2D eigenvalue weighted by Crippen LogP contribution is -2.13. The van der Waals surface area contributed by atoms with Crippen LogP contribution in [0.2, 0.25) is 0 Å². The number of rotatable bonds is 1. The van der Waals surface area contributed by atoms with Crippen molar-refractivity contribution in [3.8, 4) is 0 Å². The van der Waals surface area contributed by atoms with Crippen molar-refractivity contribution in [1.29, 1.82) is 0 Å². The average molecular weight is 305 g/mol. The molecule has 2 aromatic carbocycles. The molecule has 4 aromatic rings. The molecule has 2 heterocycles. The molecule has 7 heteroatoms. The predicted octanol–water partition coefficient (Wildman–Crippen LogP) is 3.10. The predicted molar refractivity (Wildman–Crippen MR) is 87.1 cm³/mol. The minimum atomic E-state index is -0.892. The number of aromatic nitrogens is 2. The van der Waals surface area contributed by atoms with Crippen molar-refractivity contribution in [1.82, 2.24) is 9.38 Å². The first-order chi connectivity index (χ1) is 11.2. The van der Waals surface area contributed by atoms with E-state index in [2.05, 4.69) is 15.2 Å². The SMILES string of the molecule is NC(=O)N=Nc1c2ccccc2n2c(=O)c3ccccc3[nH]c12. The summed E-state index contributed by atoms with van der Waals surface area (Å²) in [7, 11) is 0. The second-order valence-electron chi connectivity index (χ2n) is 5.06. The molecular formula is C16H11N5O2. The van der Waals surface area contributed by atoms with E-state index >= 15 is 0 Å². The molecule has 0 saturated carbocycles. The molecular weight excluding hydrogens is 294 g/mol. The highest BCUT2D eigenvalue weighted by atomic mass is 16.2. The summed E-state index contributed by atoms with van der Waals surface area (Å²) in [6, 6.07) is 13.6. The van der Waals surface area contributed by atoms with E-state index in [9.17, 15) is 9.59 Å². The Labute approximate surface area is 129 Å². The maximum atomic E-state index is 12.8. The number of hydrogen-bond donors (Lipinski definition) is 2. The zero-order valence-corrected chi connectivity index (χ0v) is 11.9. The van der Waals surface area contributed by atoms with Crippen molar-refractivity contribution < 1.29 is 4.79 Å². The molecule has 0 spiro atoms. The number of nitrogens with two attached hydrogens (primary N) is 1. The summed E-state index contributed by atoms with van der Waals surface area (Å²) in [4.78, 5) is 27.0. The minimum absolute atomic E-state index is 0.161. The van der Waals surface area contributed by atoms with Crippen LogP contribution in [0.25, 0.3) is 27.5 Å². The van der Waals surface area contributed by atoms with Gasteiger partial charge in [-0.2, -0.15) is 0 Å². The Bertz CT molecular complexity index is 1170. The number of nitrogens with zero attached hydrogens (tertiary/aromatic N) is 3. The third-order valence-corrected chi connectivity index (χ3v) is 3.71. The smallest absolute Gasteiger partial charge is 0.348 e. The molecule has 0 saturated heterocycles. The van der Waals surface area contributed by atoms with Gasteiger partial charge in [-0.25, -0.2) is 4.79 Å². The molecule has 112 valence electrons. The number of amides is 2. The molecule has 0 radical (unpaired) electrons. The summed E-state index contributed by atoms with van der Waals surface area (Å²) in [5.74, 6) is 0.